The Kier molecular flexibility index (Phi) is 5.96. The van der Waals surface area contributed by atoms with E-state index in [4.69, 9.17) is 21.1 Å². The predicted molar refractivity (Wildman–Crippen MR) is 108 cm³/mol. The van der Waals surface area contributed by atoms with Gasteiger partial charge in [-0.25, -0.2) is 4.79 Å². The molecule has 1 atom stereocenters. The van der Waals surface area contributed by atoms with Crippen LogP contribution in [0.4, 0.5) is 5.69 Å². The van der Waals surface area contributed by atoms with Crippen LogP contribution in [0.3, 0.4) is 0 Å². The molecule has 0 spiro atoms. The first kappa shape index (κ1) is 20.2. The van der Waals surface area contributed by atoms with Gasteiger partial charge < -0.3 is 24.5 Å². The molecule has 1 unspecified atom stereocenters. The standard InChI is InChI=1S/C20H23ClN2O5/c1-11(2)19-22-15-8-18(28-6-4-5-27-3)14(21)7-12(15)16-9-17(24)13(20(25)26)10-23(16)19/h7-11,19,22H,4-6H2,1-3H3,(H,25,26). The smallest absolute Gasteiger partial charge is 0.341 e. The van der Waals surface area contributed by atoms with Crippen molar-refractivity contribution < 1.29 is 19.4 Å². The maximum Gasteiger partial charge on any atom is 0.341 e. The Morgan fingerprint density at radius 3 is 2.71 bits per heavy atom. The van der Waals surface area contributed by atoms with Crippen molar-refractivity contribution in [1.29, 1.82) is 0 Å². The van der Waals surface area contributed by atoms with Crippen LogP contribution in [0.2, 0.25) is 5.02 Å². The highest BCUT2D eigenvalue weighted by atomic mass is 35.5. The van der Waals surface area contributed by atoms with Crippen LogP contribution in [0.1, 0.15) is 36.8 Å². The lowest BCUT2D eigenvalue weighted by Crippen LogP contribution is -2.31. The molecule has 0 fully saturated rings. The molecule has 0 radical (unpaired) electrons. The number of carboxylic acids is 1. The molecule has 0 bridgehead atoms. The number of aromatic nitrogens is 1. The van der Waals surface area contributed by atoms with E-state index in [1.807, 2.05) is 19.9 Å². The molecule has 0 aliphatic carbocycles. The molecule has 2 heterocycles. The summed E-state index contributed by atoms with van der Waals surface area (Å²) in [5.41, 5.74) is 1.33. The summed E-state index contributed by atoms with van der Waals surface area (Å²) in [6.07, 6.45) is 1.91. The summed E-state index contributed by atoms with van der Waals surface area (Å²) >= 11 is 6.40. The van der Waals surface area contributed by atoms with Gasteiger partial charge in [-0.05, 0) is 12.0 Å². The molecule has 0 amide bonds. The third-order valence-corrected chi connectivity index (χ3v) is 4.94. The fourth-order valence-corrected chi connectivity index (χ4v) is 3.47. The van der Waals surface area contributed by atoms with Crippen molar-refractivity contribution in [2.24, 2.45) is 5.92 Å². The van der Waals surface area contributed by atoms with Gasteiger partial charge >= 0.3 is 5.97 Å². The monoisotopic (exact) mass is 406 g/mol. The Labute approximate surface area is 167 Å². The Hall–Kier alpha value is -2.51. The molecule has 1 aliphatic rings. The van der Waals surface area contributed by atoms with E-state index in [9.17, 15) is 14.7 Å². The highest BCUT2D eigenvalue weighted by molar-refractivity contribution is 6.32. The molecule has 1 aromatic heterocycles. The molecule has 1 aliphatic heterocycles. The van der Waals surface area contributed by atoms with E-state index < -0.39 is 11.4 Å². The van der Waals surface area contributed by atoms with E-state index in [0.717, 1.165) is 17.7 Å². The van der Waals surface area contributed by atoms with E-state index in [1.165, 1.54) is 12.3 Å². The van der Waals surface area contributed by atoms with Crippen molar-refractivity contribution in [2.45, 2.75) is 26.4 Å². The summed E-state index contributed by atoms with van der Waals surface area (Å²) in [6.45, 7) is 5.10. The SMILES string of the molecule is COCCCOc1cc2c(cc1Cl)-c1cc(=O)c(C(=O)O)cn1C(C(C)C)N2. The number of anilines is 1. The van der Waals surface area contributed by atoms with E-state index >= 15 is 0 Å². The summed E-state index contributed by atoms with van der Waals surface area (Å²) < 4.78 is 12.6. The molecule has 3 rings (SSSR count). The second-order valence-corrected chi connectivity index (χ2v) is 7.41. The third kappa shape index (κ3) is 3.86. The maximum absolute atomic E-state index is 12.3. The number of pyridine rings is 1. The minimum atomic E-state index is -1.24. The third-order valence-electron chi connectivity index (χ3n) is 4.64. The fraction of sp³-hybridized carbons (Fsp3) is 0.400. The lowest BCUT2D eigenvalue weighted by atomic mass is 10.00. The van der Waals surface area contributed by atoms with Crippen molar-refractivity contribution in [3.8, 4) is 17.0 Å². The number of nitrogens with one attached hydrogen (secondary N) is 1. The van der Waals surface area contributed by atoms with Crippen LogP contribution in [-0.4, -0.2) is 36.0 Å². The first-order valence-electron chi connectivity index (χ1n) is 9.05. The molecular formula is C20H23ClN2O5. The first-order chi connectivity index (χ1) is 13.3. The van der Waals surface area contributed by atoms with Gasteiger partial charge in [-0.15, -0.1) is 0 Å². The van der Waals surface area contributed by atoms with Crippen LogP contribution < -0.4 is 15.5 Å². The zero-order valence-electron chi connectivity index (χ0n) is 16.0. The summed E-state index contributed by atoms with van der Waals surface area (Å²) in [6, 6.07) is 4.91. The van der Waals surface area contributed by atoms with Crippen LogP contribution in [0.15, 0.2) is 29.2 Å². The van der Waals surface area contributed by atoms with Crippen LogP contribution in [0.25, 0.3) is 11.3 Å². The van der Waals surface area contributed by atoms with Crippen molar-refractivity contribution in [3.05, 3.63) is 45.2 Å². The average Bonchev–Trinajstić information content (AvgIpc) is 2.64. The van der Waals surface area contributed by atoms with Gasteiger partial charge in [-0.3, -0.25) is 4.79 Å². The van der Waals surface area contributed by atoms with Crippen LogP contribution >= 0.6 is 11.6 Å². The van der Waals surface area contributed by atoms with Gasteiger partial charge in [0.2, 0.25) is 0 Å². The highest BCUT2D eigenvalue weighted by Gasteiger charge is 2.28. The van der Waals surface area contributed by atoms with Gasteiger partial charge in [0.15, 0.2) is 5.43 Å². The van der Waals surface area contributed by atoms with Crippen molar-refractivity contribution in [1.82, 2.24) is 4.57 Å². The summed E-state index contributed by atoms with van der Waals surface area (Å²) in [7, 11) is 1.64. The number of carbonyl (C=O) groups is 1. The van der Waals surface area contributed by atoms with Gasteiger partial charge in [0.25, 0.3) is 0 Å². The number of ether oxygens (including phenoxy) is 2. The highest BCUT2D eigenvalue weighted by Crippen LogP contribution is 2.42. The van der Waals surface area contributed by atoms with Gasteiger partial charge in [0.05, 0.1) is 17.3 Å². The van der Waals surface area contributed by atoms with Crippen LogP contribution in [-0.2, 0) is 4.74 Å². The Morgan fingerprint density at radius 2 is 2.07 bits per heavy atom. The molecule has 2 aromatic rings. The molecule has 150 valence electrons. The minimum Gasteiger partial charge on any atom is -0.492 e. The number of hydrogen-bond acceptors (Lipinski definition) is 5. The molecule has 2 N–H and O–H groups in total. The van der Waals surface area contributed by atoms with E-state index in [0.29, 0.717) is 29.7 Å². The molecule has 1 aromatic carbocycles. The summed E-state index contributed by atoms with van der Waals surface area (Å²) in [4.78, 5) is 23.7. The van der Waals surface area contributed by atoms with E-state index in [-0.39, 0.29) is 17.6 Å². The van der Waals surface area contributed by atoms with Crippen molar-refractivity contribution in [3.63, 3.8) is 0 Å². The quantitative estimate of drug-likeness (QED) is 0.678. The molecule has 0 saturated carbocycles. The van der Waals surface area contributed by atoms with Gasteiger partial charge in [-0.2, -0.15) is 0 Å². The molecular weight excluding hydrogens is 384 g/mol. The second-order valence-electron chi connectivity index (χ2n) is 7.01. The lowest BCUT2D eigenvalue weighted by Gasteiger charge is -2.35. The minimum absolute atomic E-state index is 0.137. The normalized spacial score (nSPS) is 15.0. The maximum atomic E-state index is 12.3. The predicted octanol–water partition coefficient (Wildman–Crippen LogP) is 3.86. The number of rotatable bonds is 7. The number of halogens is 1. The number of carboxylic acid groups (broad SMARTS) is 1. The number of benzene rings is 1. The van der Waals surface area contributed by atoms with Crippen LogP contribution in [0, 0.1) is 5.92 Å². The van der Waals surface area contributed by atoms with Gasteiger partial charge in [0.1, 0.15) is 17.5 Å². The fourth-order valence-electron chi connectivity index (χ4n) is 3.25. The Morgan fingerprint density at radius 1 is 1.32 bits per heavy atom. The molecule has 0 saturated heterocycles. The van der Waals surface area contributed by atoms with E-state index in [1.54, 1.807) is 17.7 Å². The van der Waals surface area contributed by atoms with E-state index in [2.05, 4.69) is 5.32 Å². The van der Waals surface area contributed by atoms with Gasteiger partial charge in [-0.1, -0.05) is 25.4 Å². The summed E-state index contributed by atoms with van der Waals surface area (Å²) in [5, 5.41) is 13.1. The molecule has 7 nitrogen and oxygen atoms in total. The lowest BCUT2D eigenvalue weighted by molar-refractivity contribution is 0.0694. The number of methoxy groups -OCH3 is 1. The zero-order valence-corrected chi connectivity index (χ0v) is 16.7. The zero-order chi connectivity index (χ0) is 20.4. The van der Waals surface area contributed by atoms with Crippen molar-refractivity contribution >= 4 is 23.3 Å². The topological polar surface area (TPSA) is 89.8 Å². The number of aromatic carboxylic acids is 1. The largest absolute Gasteiger partial charge is 0.492 e. The average molecular weight is 407 g/mol. The molecule has 28 heavy (non-hydrogen) atoms. The number of fused-ring (bicyclic) bond motifs is 3. The van der Waals surface area contributed by atoms with Crippen LogP contribution in [0.5, 0.6) is 5.75 Å². The Balaban J connectivity index is 2.07. The molecule has 8 heteroatoms. The number of hydrogen-bond donors (Lipinski definition) is 2. The number of nitrogens with zero attached hydrogens (tertiary/aromatic N) is 1. The summed E-state index contributed by atoms with van der Waals surface area (Å²) in [5.74, 6) is -0.561. The van der Waals surface area contributed by atoms with Crippen molar-refractivity contribution in [2.75, 3.05) is 25.6 Å². The second kappa shape index (κ2) is 8.24. The van der Waals surface area contributed by atoms with Gasteiger partial charge in [0, 0.05) is 49.7 Å². The Bertz CT molecular complexity index is 954. The first-order valence-corrected chi connectivity index (χ1v) is 9.43.